The minimum absolute atomic E-state index is 0.0122. The first kappa shape index (κ1) is 22.8. The fourth-order valence-corrected chi connectivity index (χ4v) is 5.66. The Kier molecular flexibility index (Phi) is 7.03. The number of hydrogen-bond donors (Lipinski definition) is 1. The monoisotopic (exact) mass is 467 g/mol. The van der Waals surface area contributed by atoms with Gasteiger partial charge in [0.25, 0.3) is 0 Å². The lowest BCUT2D eigenvalue weighted by molar-refractivity contribution is -0.380. The van der Waals surface area contributed by atoms with Crippen molar-refractivity contribution in [3.8, 4) is 0 Å². The first-order chi connectivity index (χ1) is 14.7. The van der Waals surface area contributed by atoms with Crippen LogP contribution in [0.5, 0.6) is 0 Å². The molecule has 31 heavy (non-hydrogen) atoms. The lowest BCUT2D eigenvalue weighted by Gasteiger charge is -2.31. The number of nitro groups is 1. The largest absolute Gasteiger partial charge is 0.462 e. The smallest absolute Gasteiger partial charge is 0.341 e. The summed E-state index contributed by atoms with van der Waals surface area (Å²) in [5, 5.41) is 13.4. The summed E-state index contributed by atoms with van der Waals surface area (Å²) in [5.41, 5.74) is -0.100. The molecule has 0 bridgehead atoms. The fourth-order valence-electron chi connectivity index (χ4n) is 3.25. The number of thiophene rings is 1. The van der Waals surface area contributed by atoms with Gasteiger partial charge in [-0.3, -0.25) is 14.9 Å². The van der Waals surface area contributed by atoms with E-state index in [2.05, 4.69) is 5.32 Å². The summed E-state index contributed by atoms with van der Waals surface area (Å²) in [7, 11) is -3.74. The minimum Gasteiger partial charge on any atom is -0.462 e. The molecular formula is C19H21N3O7S2. The van der Waals surface area contributed by atoms with Crippen LogP contribution in [0.15, 0.2) is 41.3 Å². The van der Waals surface area contributed by atoms with Crippen LogP contribution in [-0.4, -0.2) is 49.2 Å². The lowest BCUT2D eigenvalue weighted by atomic mass is 9.99. The molecule has 0 saturated carbocycles. The predicted molar refractivity (Wildman–Crippen MR) is 113 cm³/mol. The fraction of sp³-hybridized carbons (Fsp3) is 0.368. The third-order valence-corrected chi connectivity index (χ3v) is 7.65. The van der Waals surface area contributed by atoms with Crippen LogP contribution in [0.1, 0.15) is 30.1 Å². The molecule has 166 valence electrons. The summed E-state index contributed by atoms with van der Waals surface area (Å²) in [4.78, 5) is 35.6. The SMILES string of the molecule is CCOC(=O)c1cc([N+](=O)[O-])sc1NC(=O)C1CCCN(S(=O)(=O)c2ccccc2)C1. The number of esters is 1. The minimum atomic E-state index is -3.74. The lowest BCUT2D eigenvalue weighted by Crippen LogP contribution is -2.43. The number of anilines is 1. The summed E-state index contributed by atoms with van der Waals surface area (Å²) in [6, 6.07) is 9.02. The Hall–Kier alpha value is -2.83. The van der Waals surface area contributed by atoms with E-state index >= 15 is 0 Å². The zero-order valence-corrected chi connectivity index (χ0v) is 18.3. The molecule has 1 N–H and O–H groups in total. The van der Waals surface area contributed by atoms with Crippen molar-refractivity contribution in [1.82, 2.24) is 4.31 Å². The number of sulfonamides is 1. The van der Waals surface area contributed by atoms with E-state index in [1.54, 1.807) is 25.1 Å². The van der Waals surface area contributed by atoms with E-state index in [4.69, 9.17) is 4.74 Å². The molecule has 0 aliphatic carbocycles. The van der Waals surface area contributed by atoms with Gasteiger partial charge in [-0.25, -0.2) is 13.2 Å². The molecule has 1 fully saturated rings. The van der Waals surface area contributed by atoms with E-state index in [9.17, 15) is 28.1 Å². The summed E-state index contributed by atoms with van der Waals surface area (Å²) in [6.45, 7) is 1.94. The van der Waals surface area contributed by atoms with Crippen LogP contribution in [0.25, 0.3) is 0 Å². The van der Waals surface area contributed by atoms with Crippen molar-refractivity contribution in [2.45, 2.75) is 24.7 Å². The van der Waals surface area contributed by atoms with Gasteiger partial charge in [-0.05, 0) is 43.2 Å². The number of amides is 1. The van der Waals surface area contributed by atoms with E-state index in [1.165, 1.54) is 16.4 Å². The normalized spacial score (nSPS) is 17.1. The Morgan fingerprint density at radius 3 is 2.68 bits per heavy atom. The van der Waals surface area contributed by atoms with Crippen LogP contribution >= 0.6 is 11.3 Å². The molecule has 10 nitrogen and oxygen atoms in total. The Morgan fingerprint density at radius 1 is 1.32 bits per heavy atom. The van der Waals surface area contributed by atoms with Crippen molar-refractivity contribution in [1.29, 1.82) is 0 Å². The summed E-state index contributed by atoms with van der Waals surface area (Å²) < 4.78 is 31.9. The van der Waals surface area contributed by atoms with Crippen molar-refractivity contribution in [3.05, 3.63) is 52.1 Å². The highest BCUT2D eigenvalue weighted by molar-refractivity contribution is 7.89. The van der Waals surface area contributed by atoms with E-state index in [-0.39, 0.29) is 33.6 Å². The van der Waals surface area contributed by atoms with Crippen molar-refractivity contribution >= 4 is 43.2 Å². The van der Waals surface area contributed by atoms with Crippen molar-refractivity contribution < 1.29 is 27.7 Å². The number of carbonyl (C=O) groups excluding carboxylic acids is 2. The zero-order chi connectivity index (χ0) is 22.6. The van der Waals surface area contributed by atoms with E-state index < -0.39 is 32.7 Å². The molecule has 1 saturated heterocycles. The summed E-state index contributed by atoms with van der Waals surface area (Å²) in [6.07, 6.45) is 0.939. The van der Waals surface area contributed by atoms with Gasteiger partial charge in [0.2, 0.25) is 15.9 Å². The molecule has 3 rings (SSSR count). The molecule has 1 aromatic carbocycles. The van der Waals surface area contributed by atoms with Gasteiger partial charge in [-0.2, -0.15) is 4.31 Å². The molecular weight excluding hydrogens is 446 g/mol. The molecule has 2 heterocycles. The van der Waals surface area contributed by atoms with Gasteiger partial charge in [0.1, 0.15) is 10.6 Å². The number of piperidine rings is 1. The Bertz CT molecular complexity index is 1080. The Balaban J connectivity index is 1.78. The molecule has 1 aliphatic heterocycles. The van der Waals surface area contributed by atoms with Crippen LogP contribution < -0.4 is 5.32 Å². The van der Waals surface area contributed by atoms with Crippen LogP contribution in [0.3, 0.4) is 0 Å². The number of carbonyl (C=O) groups is 2. The zero-order valence-electron chi connectivity index (χ0n) is 16.6. The second kappa shape index (κ2) is 9.54. The molecule has 1 unspecified atom stereocenters. The summed E-state index contributed by atoms with van der Waals surface area (Å²) in [5.74, 6) is -1.95. The quantitative estimate of drug-likeness (QED) is 0.376. The molecule has 1 aromatic heterocycles. The second-order valence-corrected chi connectivity index (χ2v) is 9.78. The number of rotatable bonds is 7. The molecule has 1 aliphatic rings. The highest BCUT2D eigenvalue weighted by Crippen LogP contribution is 2.35. The standard InChI is InChI=1S/C19H21N3O7S2/c1-2-29-19(24)15-11-16(22(25)26)30-18(15)20-17(23)13-7-6-10-21(12-13)31(27,28)14-8-4-3-5-9-14/h3-5,8-9,11,13H,2,6-7,10,12H2,1H3,(H,20,23). The summed E-state index contributed by atoms with van der Waals surface area (Å²) >= 11 is 0.654. The predicted octanol–water partition coefficient (Wildman–Crippen LogP) is 2.87. The topological polar surface area (TPSA) is 136 Å². The first-order valence-corrected chi connectivity index (χ1v) is 11.8. The van der Waals surface area contributed by atoms with E-state index in [0.29, 0.717) is 30.7 Å². The average molecular weight is 468 g/mol. The van der Waals surface area contributed by atoms with Crippen LogP contribution in [0, 0.1) is 16.0 Å². The average Bonchev–Trinajstić information content (AvgIpc) is 3.19. The van der Waals surface area contributed by atoms with Gasteiger partial charge >= 0.3 is 11.0 Å². The maximum absolute atomic E-state index is 12.9. The molecule has 12 heteroatoms. The van der Waals surface area contributed by atoms with Gasteiger partial charge in [-0.15, -0.1) is 0 Å². The van der Waals surface area contributed by atoms with Crippen molar-refractivity contribution in [2.24, 2.45) is 5.92 Å². The first-order valence-electron chi connectivity index (χ1n) is 9.55. The van der Waals surface area contributed by atoms with E-state index in [0.717, 1.165) is 6.07 Å². The third-order valence-electron chi connectivity index (χ3n) is 4.77. The van der Waals surface area contributed by atoms with Crippen molar-refractivity contribution in [2.75, 3.05) is 25.0 Å². The van der Waals surface area contributed by atoms with E-state index in [1.807, 2.05) is 0 Å². The van der Waals surface area contributed by atoms with Crippen molar-refractivity contribution in [3.63, 3.8) is 0 Å². The number of nitrogens with zero attached hydrogens (tertiary/aromatic N) is 2. The number of ether oxygens (including phenoxy) is 1. The molecule has 2 aromatic rings. The maximum Gasteiger partial charge on any atom is 0.341 e. The van der Waals surface area contributed by atoms with Gasteiger partial charge in [0.05, 0.1) is 22.3 Å². The van der Waals surface area contributed by atoms with Gasteiger partial charge in [0, 0.05) is 19.2 Å². The van der Waals surface area contributed by atoms with Gasteiger partial charge < -0.3 is 10.1 Å². The van der Waals surface area contributed by atoms with Crippen LogP contribution in [-0.2, 0) is 19.6 Å². The second-order valence-electron chi connectivity index (χ2n) is 6.81. The number of nitrogens with one attached hydrogen (secondary N) is 1. The molecule has 0 radical (unpaired) electrons. The highest BCUT2D eigenvalue weighted by atomic mass is 32.2. The van der Waals surface area contributed by atoms with Gasteiger partial charge in [-0.1, -0.05) is 18.2 Å². The number of hydrogen-bond acceptors (Lipinski definition) is 8. The maximum atomic E-state index is 12.9. The molecule has 1 amide bonds. The van der Waals surface area contributed by atoms with Gasteiger partial charge in [0.15, 0.2) is 0 Å². The van der Waals surface area contributed by atoms with Crippen LogP contribution in [0.4, 0.5) is 10.0 Å². The molecule has 0 spiro atoms. The third kappa shape index (κ3) is 5.09. The number of benzene rings is 1. The highest BCUT2D eigenvalue weighted by Gasteiger charge is 2.34. The van der Waals surface area contributed by atoms with Crippen LogP contribution in [0.2, 0.25) is 0 Å². The molecule has 1 atom stereocenters. The Morgan fingerprint density at radius 2 is 2.03 bits per heavy atom. The Labute approximate surface area is 183 Å².